The van der Waals surface area contributed by atoms with Gasteiger partial charge in [-0.3, -0.25) is 0 Å². The molecule has 2 N–H and O–H groups in total. The molecule has 1 atom stereocenters. The standard InChI is InChI=1S/C20H26N2S/c1-5-16-8-6-7-9-19(16)22-20(23)21-15(4)18-12-10-17(11-13-18)14(2)3/h6-15H,5H2,1-4H3,(H2,21,22,23)/t15-/m0/s1. The highest BCUT2D eigenvalue weighted by Crippen LogP contribution is 2.19. The van der Waals surface area contributed by atoms with Gasteiger partial charge < -0.3 is 10.6 Å². The molecule has 0 aliphatic rings. The van der Waals surface area contributed by atoms with Crippen molar-refractivity contribution >= 4 is 23.0 Å². The molecule has 0 amide bonds. The Hall–Kier alpha value is -1.87. The molecule has 2 aromatic rings. The van der Waals surface area contributed by atoms with Crippen molar-refractivity contribution in [3.63, 3.8) is 0 Å². The summed E-state index contributed by atoms with van der Waals surface area (Å²) in [6.07, 6.45) is 0.984. The molecule has 0 spiro atoms. The van der Waals surface area contributed by atoms with Gasteiger partial charge in [-0.15, -0.1) is 0 Å². The molecule has 0 unspecified atom stereocenters. The lowest BCUT2D eigenvalue weighted by Crippen LogP contribution is -2.31. The van der Waals surface area contributed by atoms with E-state index in [0.29, 0.717) is 11.0 Å². The first-order valence-corrected chi connectivity index (χ1v) is 8.67. The molecule has 0 bridgehead atoms. The van der Waals surface area contributed by atoms with Gasteiger partial charge in [0.25, 0.3) is 0 Å². The molecule has 3 heteroatoms. The van der Waals surface area contributed by atoms with Crippen molar-refractivity contribution in [2.75, 3.05) is 5.32 Å². The predicted molar refractivity (Wildman–Crippen MR) is 104 cm³/mol. The van der Waals surface area contributed by atoms with E-state index < -0.39 is 0 Å². The van der Waals surface area contributed by atoms with Gasteiger partial charge in [-0.1, -0.05) is 63.2 Å². The van der Waals surface area contributed by atoms with Gasteiger partial charge in [0.15, 0.2) is 5.11 Å². The van der Waals surface area contributed by atoms with E-state index in [1.807, 2.05) is 6.07 Å². The Morgan fingerprint density at radius 2 is 1.57 bits per heavy atom. The number of benzene rings is 2. The summed E-state index contributed by atoms with van der Waals surface area (Å²) in [4.78, 5) is 0. The minimum atomic E-state index is 0.171. The predicted octanol–water partition coefficient (Wildman–Crippen LogP) is 5.42. The van der Waals surface area contributed by atoms with E-state index in [-0.39, 0.29) is 6.04 Å². The van der Waals surface area contributed by atoms with Crippen LogP contribution in [0.4, 0.5) is 5.69 Å². The monoisotopic (exact) mass is 326 g/mol. The fourth-order valence-electron chi connectivity index (χ4n) is 2.56. The minimum Gasteiger partial charge on any atom is -0.356 e. The zero-order valence-electron chi connectivity index (χ0n) is 14.4. The van der Waals surface area contributed by atoms with Crippen LogP contribution < -0.4 is 10.6 Å². The third-order valence-electron chi connectivity index (χ3n) is 4.10. The molecular weight excluding hydrogens is 300 g/mol. The van der Waals surface area contributed by atoms with Crippen LogP contribution in [-0.2, 0) is 6.42 Å². The molecular formula is C20H26N2S. The second-order valence-corrected chi connectivity index (χ2v) is 6.56. The number of anilines is 1. The number of hydrogen-bond donors (Lipinski definition) is 2. The van der Waals surface area contributed by atoms with Crippen LogP contribution in [0.1, 0.15) is 56.3 Å². The van der Waals surface area contributed by atoms with Crippen LogP contribution in [0.5, 0.6) is 0 Å². The summed E-state index contributed by atoms with van der Waals surface area (Å²) in [5.74, 6) is 0.556. The Bertz CT molecular complexity index is 647. The molecule has 2 rings (SSSR count). The summed E-state index contributed by atoms with van der Waals surface area (Å²) >= 11 is 5.46. The minimum absolute atomic E-state index is 0.171. The summed E-state index contributed by atoms with van der Waals surface area (Å²) in [5.41, 5.74) is 4.95. The number of hydrogen-bond acceptors (Lipinski definition) is 1. The third kappa shape index (κ3) is 4.80. The smallest absolute Gasteiger partial charge is 0.171 e. The summed E-state index contributed by atoms with van der Waals surface area (Å²) in [7, 11) is 0. The first-order chi connectivity index (χ1) is 11.0. The van der Waals surface area contributed by atoms with Crippen molar-refractivity contribution in [1.82, 2.24) is 5.32 Å². The number of rotatable bonds is 5. The Morgan fingerprint density at radius 1 is 0.957 bits per heavy atom. The molecule has 0 heterocycles. The summed E-state index contributed by atoms with van der Waals surface area (Å²) in [6, 6.07) is 17.2. The summed E-state index contributed by atoms with van der Waals surface area (Å²) in [6.45, 7) is 8.70. The van der Waals surface area contributed by atoms with Crippen molar-refractivity contribution in [2.24, 2.45) is 0 Å². The first kappa shape index (κ1) is 17.5. The second-order valence-electron chi connectivity index (χ2n) is 6.15. The molecule has 0 saturated heterocycles. The molecule has 2 aromatic carbocycles. The van der Waals surface area contributed by atoms with Gasteiger partial charge >= 0.3 is 0 Å². The maximum atomic E-state index is 5.46. The fraction of sp³-hybridized carbons (Fsp3) is 0.350. The summed E-state index contributed by atoms with van der Waals surface area (Å²) in [5, 5.41) is 7.34. The average molecular weight is 327 g/mol. The first-order valence-electron chi connectivity index (χ1n) is 8.26. The van der Waals surface area contributed by atoms with Crippen molar-refractivity contribution in [1.29, 1.82) is 0 Å². The molecule has 0 saturated carbocycles. The van der Waals surface area contributed by atoms with Crippen LogP contribution in [0.25, 0.3) is 0 Å². The second kappa shape index (κ2) is 8.11. The zero-order chi connectivity index (χ0) is 16.8. The van der Waals surface area contributed by atoms with Crippen LogP contribution in [-0.4, -0.2) is 5.11 Å². The molecule has 2 nitrogen and oxygen atoms in total. The van der Waals surface area contributed by atoms with E-state index in [2.05, 4.69) is 80.8 Å². The van der Waals surface area contributed by atoms with E-state index in [1.54, 1.807) is 0 Å². The molecule has 0 aliphatic heterocycles. The SMILES string of the molecule is CCc1ccccc1NC(=S)N[C@@H](C)c1ccc(C(C)C)cc1. The fourth-order valence-corrected chi connectivity index (χ4v) is 2.85. The van der Waals surface area contributed by atoms with Crippen LogP contribution >= 0.6 is 12.2 Å². The Morgan fingerprint density at radius 3 is 2.17 bits per heavy atom. The lowest BCUT2D eigenvalue weighted by atomic mass is 10.00. The Kier molecular flexibility index (Phi) is 6.17. The van der Waals surface area contributed by atoms with Crippen molar-refractivity contribution in [3.05, 3.63) is 65.2 Å². The highest BCUT2D eigenvalue weighted by atomic mass is 32.1. The van der Waals surface area contributed by atoms with Crippen molar-refractivity contribution in [2.45, 2.75) is 46.1 Å². The third-order valence-corrected chi connectivity index (χ3v) is 4.32. The van der Waals surface area contributed by atoms with Gasteiger partial charge in [0.1, 0.15) is 0 Å². The molecule has 0 fully saturated rings. The molecule has 122 valence electrons. The number of aryl methyl sites for hydroxylation is 1. The highest BCUT2D eigenvalue weighted by Gasteiger charge is 2.09. The maximum Gasteiger partial charge on any atom is 0.171 e. The van der Waals surface area contributed by atoms with Crippen LogP contribution in [0.15, 0.2) is 48.5 Å². The number of thiocarbonyl (C=S) groups is 1. The number of para-hydroxylation sites is 1. The summed E-state index contributed by atoms with van der Waals surface area (Å²) < 4.78 is 0. The van der Waals surface area contributed by atoms with Gasteiger partial charge in [-0.25, -0.2) is 0 Å². The largest absolute Gasteiger partial charge is 0.356 e. The quantitative estimate of drug-likeness (QED) is 0.717. The van der Waals surface area contributed by atoms with Crippen LogP contribution in [0.2, 0.25) is 0 Å². The van der Waals surface area contributed by atoms with Gasteiger partial charge in [-0.2, -0.15) is 0 Å². The van der Waals surface area contributed by atoms with Gasteiger partial charge in [0.05, 0.1) is 6.04 Å². The van der Waals surface area contributed by atoms with E-state index in [4.69, 9.17) is 12.2 Å². The van der Waals surface area contributed by atoms with Gasteiger partial charge in [0, 0.05) is 5.69 Å². The maximum absolute atomic E-state index is 5.46. The molecule has 0 aromatic heterocycles. The van der Waals surface area contributed by atoms with E-state index >= 15 is 0 Å². The van der Waals surface area contributed by atoms with E-state index in [9.17, 15) is 0 Å². The average Bonchev–Trinajstić information content (AvgIpc) is 2.55. The van der Waals surface area contributed by atoms with E-state index in [1.165, 1.54) is 16.7 Å². The van der Waals surface area contributed by atoms with Crippen molar-refractivity contribution < 1.29 is 0 Å². The lowest BCUT2D eigenvalue weighted by molar-refractivity contribution is 0.721. The van der Waals surface area contributed by atoms with Crippen molar-refractivity contribution in [3.8, 4) is 0 Å². The molecule has 0 aliphatic carbocycles. The number of nitrogens with one attached hydrogen (secondary N) is 2. The van der Waals surface area contributed by atoms with Gasteiger partial charge in [-0.05, 0) is 54.2 Å². The Balaban J connectivity index is 1.99. The topological polar surface area (TPSA) is 24.1 Å². The van der Waals surface area contributed by atoms with Crippen LogP contribution in [0, 0.1) is 0 Å². The molecule has 0 radical (unpaired) electrons. The molecule has 23 heavy (non-hydrogen) atoms. The van der Waals surface area contributed by atoms with Crippen LogP contribution in [0.3, 0.4) is 0 Å². The lowest BCUT2D eigenvalue weighted by Gasteiger charge is -2.19. The highest BCUT2D eigenvalue weighted by molar-refractivity contribution is 7.80. The zero-order valence-corrected chi connectivity index (χ0v) is 15.2. The van der Waals surface area contributed by atoms with E-state index in [0.717, 1.165) is 12.1 Å². The van der Waals surface area contributed by atoms with Gasteiger partial charge in [0.2, 0.25) is 0 Å². The normalized spacial score (nSPS) is 12.0. The Labute approximate surface area is 145 Å².